The van der Waals surface area contributed by atoms with Crippen molar-refractivity contribution in [2.75, 3.05) is 34.4 Å². The van der Waals surface area contributed by atoms with Gasteiger partial charge in [0.2, 0.25) is 0 Å². The molecule has 1 aromatic carbocycles. The number of ether oxygens (including phenoxy) is 2. The summed E-state index contributed by atoms with van der Waals surface area (Å²) in [7, 11) is 4.53. The van der Waals surface area contributed by atoms with Gasteiger partial charge in [0.15, 0.2) is 17.5 Å². The van der Waals surface area contributed by atoms with E-state index >= 15 is 0 Å². The molecule has 0 radical (unpaired) electrons. The predicted molar refractivity (Wildman–Crippen MR) is 89.4 cm³/mol. The Bertz CT molecular complexity index is 621. The van der Waals surface area contributed by atoms with E-state index in [-0.39, 0.29) is 23.6 Å². The van der Waals surface area contributed by atoms with Crippen molar-refractivity contribution in [3.63, 3.8) is 0 Å². The lowest BCUT2D eigenvalue weighted by Gasteiger charge is -2.21. The van der Waals surface area contributed by atoms with Crippen LogP contribution in [0.15, 0.2) is 23.2 Å². The fourth-order valence-electron chi connectivity index (χ4n) is 2.93. The molecule has 0 spiro atoms. The van der Waals surface area contributed by atoms with Crippen molar-refractivity contribution in [1.82, 2.24) is 10.2 Å². The van der Waals surface area contributed by atoms with Crippen molar-refractivity contribution >= 4 is 11.9 Å². The Kier molecular flexibility index (Phi) is 6.00. The van der Waals surface area contributed by atoms with Crippen molar-refractivity contribution in [2.24, 2.45) is 16.8 Å². The number of methoxy groups -OCH3 is 2. The van der Waals surface area contributed by atoms with Crippen molar-refractivity contribution < 1.29 is 18.7 Å². The Morgan fingerprint density at radius 3 is 2.75 bits per heavy atom. The van der Waals surface area contributed by atoms with Crippen LogP contribution < -0.4 is 10.1 Å². The number of hydrogen-bond acceptors (Lipinski definition) is 4. The lowest BCUT2D eigenvalue weighted by Crippen LogP contribution is -2.40. The molecular formula is C17H24FN3O3. The van der Waals surface area contributed by atoms with Gasteiger partial charge in [0.25, 0.3) is 0 Å². The SMILES string of the molecule is CN=C(NCc1ccc(OC)c(F)c1)N1CC(C)C(C(=O)OC)C1. The Morgan fingerprint density at radius 1 is 1.42 bits per heavy atom. The van der Waals surface area contributed by atoms with Crippen molar-refractivity contribution in [2.45, 2.75) is 13.5 Å². The maximum atomic E-state index is 13.7. The number of guanidine groups is 1. The van der Waals surface area contributed by atoms with Gasteiger partial charge in [-0.1, -0.05) is 13.0 Å². The van der Waals surface area contributed by atoms with E-state index in [1.165, 1.54) is 20.3 Å². The molecule has 1 fully saturated rings. The largest absolute Gasteiger partial charge is 0.494 e. The van der Waals surface area contributed by atoms with Gasteiger partial charge in [-0.3, -0.25) is 9.79 Å². The second-order valence-corrected chi connectivity index (χ2v) is 5.88. The molecule has 1 aliphatic rings. The fourth-order valence-corrected chi connectivity index (χ4v) is 2.93. The van der Waals surface area contributed by atoms with Gasteiger partial charge < -0.3 is 19.7 Å². The monoisotopic (exact) mass is 337 g/mol. The number of aliphatic imine (C=N–C) groups is 1. The molecule has 0 bridgehead atoms. The number of carbonyl (C=O) groups excluding carboxylic acids is 1. The molecule has 1 saturated heterocycles. The molecule has 7 heteroatoms. The van der Waals surface area contributed by atoms with E-state index in [0.717, 1.165) is 12.1 Å². The standard InChI is InChI=1S/C17H24FN3O3/c1-11-9-21(10-13(11)16(22)24-4)17(19-2)20-8-12-5-6-15(23-3)14(18)7-12/h5-7,11,13H,8-10H2,1-4H3,(H,19,20). The van der Waals surface area contributed by atoms with Crippen molar-refractivity contribution in [3.05, 3.63) is 29.6 Å². The number of carbonyl (C=O) groups is 1. The molecule has 1 N–H and O–H groups in total. The van der Waals surface area contributed by atoms with Crippen molar-refractivity contribution in [1.29, 1.82) is 0 Å². The summed E-state index contributed by atoms with van der Waals surface area (Å²) in [6.45, 7) is 3.73. The number of rotatable bonds is 4. The van der Waals surface area contributed by atoms with Crippen LogP contribution in [0.5, 0.6) is 5.75 Å². The van der Waals surface area contributed by atoms with E-state index in [0.29, 0.717) is 19.0 Å². The topological polar surface area (TPSA) is 63.2 Å². The van der Waals surface area contributed by atoms with E-state index in [4.69, 9.17) is 9.47 Å². The average Bonchev–Trinajstić information content (AvgIpc) is 2.96. The average molecular weight is 337 g/mol. The third-order valence-electron chi connectivity index (χ3n) is 4.29. The van der Waals surface area contributed by atoms with Gasteiger partial charge in [0.05, 0.1) is 20.1 Å². The summed E-state index contributed by atoms with van der Waals surface area (Å²) in [5.74, 6) is 0.341. The molecule has 0 saturated carbocycles. The molecule has 1 heterocycles. The number of hydrogen-bond donors (Lipinski definition) is 1. The number of nitrogens with one attached hydrogen (secondary N) is 1. The molecule has 0 aliphatic carbocycles. The molecule has 0 amide bonds. The van der Waals surface area contributed by atoms with Crippen LogP contribution >= 0.6 is 0 Å². The normalized spacial score (nSPS) is 20.9. The number of likely N-dealkylation sites (tertiary alicyclic amines) is 1. The highest BCUT2D eigenvalue weighted by Gasteiger charge is 2.36. The molecule has 0 aromatic heterocycles. The zero-order valence-electron chi connectivity index (χ0n) is 14.5. The van der Waals surface area contributed by atoms with E-state index in [1.807, 2.05) is 11.8 Å². The van der Waals surface area contributed by atoms with Gasteiger partial charge in [0, 0.05) is 26.7 Å². The summed E-state index contributed by atoms with van der Waals surface area (Å²) in [6, 6.07) is 4.83. The van der Waals surface area contributed by atoms with Crippen LogP contribution in [0, 0.1) is 17.7 Å². The van der Waals surface area contributed by atoms with E-state index in [1.54, 1.807) is 19.2 Å². The maximum Gasteiger partial charge on any atom is 0.310 e. The second-order valence-electron chi connectivity index (χ2n) is 5.88. The van der Waals surface area contributed by atoms with Crippen LogP contribution in [-0.2, 0) is 16.1 Å². The summed E-state index contributed by atoms with van der Waals surface area (Å²) >= 11 is 0. The van der Waals surface area contributed by atoms with Crippen molar-refractivity contribution in [3.8, 4) is 5.75 Å². The van der Waals surface area contributed by atoms with E-state index in [2.05, 4.69) is 10.3 Å². The molecule has 2 rings (SSSR count). The molecule has 24 heavy (non-hydrogen) atoms. The first kappa shape index (κ1) is 18.0. The smallest absolute Gasteiger partial charge is 0.310 e. The summed E-state index contributed by atoms with van der Waals surface area (Å²) in [4.78, 5) is 18.1. The van der Waals surface area contributed by atoms with Gasteiger partial charge in [-0.2, -0.15) is 0 Å². The highest BCUT2D eigenvalue weighted by Crippen LogP contribution is 2.24. The molecule has 1 aromatic rings. The van der Waals surface area contributed by atoms with Crippen LogP contribution in [0.1, 0.15) is 12.5 Å². The highest BCUT2D eigenvalue weighted by atomic mass is 19.1. The van der Waals surface area contributed by atoms with Crippen LogP contribution in [0.2, 0.25) is 0 Å². The Labute approximate surface area is 141 Å². The number of halogens is 1. The first-order valence-corrected chi connectivity index (χ1v) is 7.86. The van der Waals surface area contributed by atoms with Crippen LogP contribution in [0.25, 0.3) is 0 Å². The zero-order valence-corrected chi connectivity index (χ0v) is 14.5. The highest BCUT2D eigenvalue weighted by molar-refractivity contribution is 5.82. The van der Waals surface area contributed by atoms with Crippen LogP contribution in [0.3, 0.4) is 0 Å². The summed E-state index contributed by atoms with van der Waals surface area (Å²) in [5.41, 5.74) is 0.784. The Morgan fingerprint density at radius 2 is 2.17 bits per heavy atom. The van der Waals surface area contributed by atoms with E-state index in [9.17, 15) is 9.18 Å². The third-order valence-corrected chi connectivity index (χ3v) is 4.29. The molecule has 1 aliphatic heterocycles. The lowest BCUT2D eigenvalue weighted by atomic mass is 9.99. The molecule has 132 valence electrons. The lowest BCUT2D eigenvalue weighted by molar-refractivity contribution is -0.145. The van der Waals surface area contributed by atoms with Gasteiger partial charge >= 0.3 is 5.97 Å². The summed E-state index contributed by atoms with van der Waals surface area (Å²) < 4.78 is 23.5. The second kappa shape index (κ2) is 7.99. The van der Waals surface area contributed by atoms with Gasteiger partial charge in [-0.15, -0.1) is 0 Å². The minimum atomic E-state index is -0.396. The number of benzene rings is 1. The minimum absolute atomic E-state index is 0.160. The minimum Gasteiger partial charge on any atom is -0.494 e. The van der Waals surface area contributed by atoms with Gasteiger partial charge in [-0.05, 0) is 23.6 Å². The fraction of sp³-hybridized carbons (Fsp3) is 0.529. The molecular weight excluding hydrogens is 313 g/mol. The Hall–Kier alpha value is -2.31. The quantitative estimate of drug-likeness (QED) is 0.514. The van der Waals surface area contributed by atoms with Crippen LogP contribution in [-0.4, -0.2) is 51.2 Å². The summed E-state index contributed by atoms with van der Waals surface area (Å²) in [5, 5.41) is 3.21. The number of nitrogens with zero attached hydrogens (tertiary/aromatic N) is 2. The summed E-state index contributed by atoms with van der Waals surface area (Å²) in [6.07, 6.45) is 0. The third kappa shape index (κ3) is 3.96. The molecule has 6 nitrogen and oxygen atoms in total. The zero-order chi connectivity index (χ0) is 17.7. The number of esters is 1. The molecule has 2 atom stereocenters. The molecule has 2 unspecified atom stereocenters. The first-order chi connectivity index (χ1) is 11.5. The first-order valence-electron chi connectivity index (χ1n) is 7.86. The Balaban J connectivity index is 1.98. The van der Waals surface area contributed by atoms with Gasteiger partial charge in [-0.25, -0.2) is 4.39 Å². The van der Waals surface area contributed by atoms with Crippen LogP contribution in [0.4, 0.5) is 4.39 Å². The van der Waals surface area contributed by atoms with Gasteiger partial charge in [0.1, 0.15) is 0 Å². The predicted octanol–water partition coefficient (Wildman–Crippen LogP) is 1.65. The van der Waals surface area contributed by atoms with E-state index < -0.39 is 5.82 Å². The maximum absolute atomic E-state index is 13.7.